The second-order valence-electron chi connectivity index (χ2n) is 4.06. The summed E-state index contributed by atoms with van der Waals surface area (Å²) in [5.41, 5.74) is 1.93. The normalized spacial score (nSPS) is 17.9. The fourth-order valence-corrected chi connectivity index (χ4v) is 2.99. The molecule has 1 heterocycles. The summed E-state index contributed by atoms with van der Waals surface area (Å²) < 4.78 is 4.88. The Bertz CT molecular complexity index is 487. The number of benzene rings is 1. The molecule has 2 rings (SSSR count). The summed E-state index contributed by atoms with van der Waals surface area (Å²) in [6, 6.07) is 5.76. The number of carbonyl (C=O) groups excluding carboxylic acids is 2. The van der Waals surface area contributed by atoms with Crippen molar-refractivity contribution in [3.8, 4) is 0 Å². The molecule has 1 N–H and O–H groups in total. The molecule has 0 bridgehead atoms. The predicted octanol–water partition coefficient (Wildman–Crippen LogP) is 2.36. The highest BCUT2D eigenvalue weighted by molar-refractivity contribution is 8.01. The van der Waals surface area contributed by atoms with Crippen LogP contribution in [0, 0.1) is 6.92 Å². The van der Waals surface area contributed by atoms with Gasteiger partial charge in [-0.05, 0) is 25.5 Å². The lowest BCUT2D eigenvalue weighted by atomic mass is 10.2. The quantitative estimate of drug-likeness (QED) is 0.852. The van der Waals surface area contributed by atoms with Crippen molar-refractivity contribution in [1.82, 2.24) is 0 Å². The molecule has 1 aromatic rings. The van der Waals surface area contributed by atoms with Crippen molar-refractivity contribution in [2.24, 2.45) is 0 Å². The number of nitrogens with one attached hydrogen (secondary N) is 1. The first-order chi connectivity index (χ1) is 8.61. The van der Waals surface area contributed by atoms with E-state index >= 15 is 0 Å². The molecule has 1 atom stereocenters. The van der Waals surface area contributed by atoms with Gasteiger partial charge in [-0.3, -0.25) is 9.59 Å². The third-order valence-corrected chi connectivity index (χ3v) is 4.12. The van der Waals surface area contributed by atoms with Crippen LogP contribution < -0.4 is 5.32 Å². The zero-order valence-corrected chi connectivity index (χ0v) is 11.2. The highest BCUT2D eigenvalue weighted by Crippen LogP contribution is 2.39. The molecular formula is C13H15NO3S. The number of thioether (sulfide) groups is 1. The van der Waals surface area contributed by atoms with Crippen molar-refractivity contribution in [3.05, 3.63) is 23.8 Å². The van der Waals surface area contributed by atoms with Gasteiger partial charge in [-0.1, -0.05) is 12.1 Å². The number of hydrogen-bond donors (Lipinski definition) is 1. The van der Waals surface area contributed by atoms with Gasteiger partial charge in [0.2, 0.25) is 5.91 Å². The summed E-state index contributed by atoms with van der Waals surface area (Å²) in [6.07, 6.45) is 0.109. The van der Waals surface area contributed by atoms with Gasteiger partial charge in [-0.15, -0.1) is 11.8 Å². The second kappa shape index (κ2) is 5.44. The van der Waals surface area contributed by atoms with Crippen molar-refractivity contribution in [2.75, 3.05) is 11.9 Å². The number of amides is 1. The predicted molar refractivity (Wildman–Crippen MR) is 70.7 cm³/mol. The fourth-order valence-electron chi connectivity index (χ4n) is 1.82. The Labute approximate surface area is 110 Å². The molecule has 0 spiro atoms. The number of fused-ring (bicyclic) bond motifs is 1. The van der Waals surface area contributed by atoms with Gasteiger partial charge in [0.05, 0.1) is 24.0 Å². The second-order valence-corrected chi connectivity index (χ2v) is 5.27. The molecule has 0 saturated carbocycles. The van der Waals surface area contributed by atoms with E-state index in [2.05, 4.69) is 5.32 Å². The third kappa shape index (κ3) is 2.67. The van der Waals surface area contributed by atoms with Crippen LogP contribution in [0.4, 0.5) is 5.69 Å². The summed E-state index contributed by atoms with van der Waals surface area (Å²) in [5, 5.41) is 2.43. The van der Waals surface area contributed by atoms with E-state index in [4.69, 9.17) is 4.74 Å². The fraction of sp³-hybridized carbons (Fsp3) is 0.385. The van der Waals surface area contributed by atoms with Crippen LogP contribution in [0.15, 0.2) is 23.1 Å². The van der Waals surface area contributed by atoms with E-state index in [0.29, 0.717) is 6.61 Å². The first kappa shape index (κ1) is 13.0. The van der Waals surface area contributed by atoms with Crippen molar-refractivity contribution < 1.29 is 14.3 Å². The summed E-state index contributed by atoms with van der Waals surface area (Å²) >= 11 is 1.43. The van der Waals surface area contributed by atoms with E-state index < -0.39 is 5.25 Å². The van der Waals surface area contributed by atoms with Crippen LogP contribution in [0.5, 0.6) is 0 Å². The van der Waals surface area contributed by atoms with E-state index in [1.165, 1.54) is 11.8 Å². The Balaban J connectivity index is 2.15. The van der Waals surface area contributed by atoms with Gasteiger partial charge in [-0.2, -0.15) is 0 Å². The Morgan fingerprint density at radius 1 is 1.50 bits per heavy atom. The maximum atomic E-state index is 11.9. The lowest BCUT2D eigenvalue weighted by Crippen LogP contribution is -2.31. The summed E-state index contributed by atoms with van der Waals surface area (Å²) in [6.45, 7) is 4.09. The zero-order valence-electron chi connectivity index (χ0n) is 10.4. The minimum absolute atomic E-state index is 0.109. The lowest BCUT2D eigenvalue weighted by molar-refractivity contribution is -0.143. The Morgan fingerprint density at radius 3 is 3.00 bits per heavy atom. The van der Waals surface area contributed by atoms with Crippen molar-refractivity contribution in [2.45, 2.75) is 30.4 Å². The molecule has 1 unspecified atom stereocenters. The monoisotopic (exact) mass is 265 g/mol. The molecule has 0 aromatic heterocycles. The van der Waals surface area contributed by atoms with Crippen molar-refractivity contribution >= 4 is 29.3 Å². The van der Waals surface area contributed by atoms with Crippen LogP contribution in [0.25, 0.3) is 0 Å². The summed E-state index contributed by atoms with van der Waals surface area (Å²) in [4.78, 5) is 24.3. The number of rotatable bonds is 3. The smallest absolute Gasteiger partial charge is 0.307 e. The number of carbonyl (C=O) groups is 2. The van der Waals surface area contributed by atoms with Crippen LogP contribution >= 0.6 is 11.8 Å². The topological polar surface area (TPSA) is 55.4 Å². The molecular weight excluding hydrogens is 250 g/mol. The van der Waals surface area contributed by atoms with Gasteiger partial charge in [0.1, 0.15) is 0 Å². The zero-order chi connectivity index (χ0) is 13.1. The van der Waals surface area contributed by atoms with Gasteiger partial charge >= 0.3 is 5.97 Å². The Kier molecular flexibility index (Phi) is 3.91. The molecule has 96 valence electrons. The van der Waals surface area contributed by atoms with Crippen LogP contribution in [0.2, 0.25) is 0 Å². The molecule has 0 aliphatic carbocycles. The number of aryl methyl sites for hydroxylation is 1. The first-order valence-corrected chi connectivity index (χ1v) is 6.72. The largest absolute Gasteiger partial charge is 0.466 e. The third-order valence-electron chi connectivity index (χ3n) is 2.68. The van der Waals surface area contributed by atoms with Crippen LogP contribution in [0.1, 0.15) is 18.9 Å². The highest BCUT2D eigenvalue weighted by Gasteiger charge is 2.30. The summed E-state index contributed by atoms with van der Waals surface area (Å²) in [5.74, 6) is -0.465. The molecule has 5 heteroatoms. The number of hydrogen-bond acceptors (Lipinski definition) is 4. The number of ether oxygens (including phenoxy) is 1. The molecule has 0 fully saturated rings. The van der Waals surface area contributed by atoms with Crippen LogP contribution in [0.3, 0.4) is 0 Å². The van der Waals surface area contributed by atoms with E-state index in [1.54, 1.807) is 6.92 Å². The molecule has 4 nitrogen and oxygen atoms in total. The van der Waals surface area contributed by atoms with E-state index in [0.717, 1.165) is 16.1 Å². The average Bonchev–Trinajstić information content (AvgIpc) is 2.31. The number of esters is 1. The minimum Gasteiger partial charge on any atom is -0.466 e. The van der Waals surface area contributed by atoms with E-state index in [9.17, 15) is 9.59 Å². The maximum absolute atomic E-state index is 11.9. The molecule has 1 aliphatic rings. The average molecular weight is 265 g/mol. The van der Waals surface area contributed by atoms with Gasteiger partial charge in [-0.25, -0.2) is 0 Å². The Morgan fingerprint density at radius 2 is 2.28 bits per heavy atom. The standard InChI is InChI=1S/C13H15NO3S/c1-3-17-11(15)7-10-13(16)14-9-6-4-5-8(2)12(9)18-10/h4-6,10H,3,7H2,1-2H3,(H,14,16). The first-order valence-electron chi connectivity index (χ1n) is 5.84. The van der Waals surface area contributed by atoms with Gasteiger partial charge in [0.25, 0.3) is 0 Å². The highest BCUT2D eigenvalue weighted by atomic mass is 32.2. The molecule has 18 heavy (non-hydrogen) atoms. The molecule has 1 amide bonds. The van der Waals surface area contributed by atoms with Gasteiger partial charge in [0, 0.05) is 4.90 Å². The lowest BCUT2D eigenvalue weighted by Gasteiger charge is -2.24. The summed E-state index contributed by atoms with van der Waals surface area (Å²) in [7, 11) is 0. The van der Waals surface area contributed by atoms with Crippen molar-refractivity contribution in [3.63, 3.8) is 0 Å². The van der Waals surface area contributed by atoms with E-state index in [1.807, 2.05) is 25.1 Å². The van der Waals surface area contributed by atoms with Gasteiger partial charge in [0.15, 0.2) is 0 Å². The van der Waals surface area contributed by atoms with Crippen LogP contribution in [-0.2, 0) is 14.3 Å². The van der Waals surface area contributed by atoms with Gasteiger partial charge < -0.3 is 10.1 Å². The number of anilines is 1. The van der Waals surface area contributed by atoms with Crippen LogP contribution in [-0.4, -0.2) is 23.7 Å². The SMILES string of the molecule is CCOC(=O)CC1Sc2c(C)cccc2NC1=O. The Hall–Kier alpha value is -1.49. The van der Waals surface area contributed by atoms with Crippen molar-refractivity contribution in [1.29, 1.82) is 0 Å². The molecule has 0 saturated heterocycles. The minimum atomic E-state index is -0.405. The molecule has 0 radical (unpaired) electrons. The van der Waals surface area contributed by atoms with E-state index in [-0.39, 0.29) is 18.3 Å². The molecule has 1 aromatic carbocycles. The maximum Gasteiger partial charge on any atom is 0.307 e. The molecule has 1 aliphatic heterocycles.